The van der Waals surface area contributed by atoms with Crippen LogP contribution in [0.4, 0.5) is 4.79 Å². The van der Waals surface area contributed by atoms with Gasteiger partial charge in [-0.15, -0.1) is 0 Å². The highest BCUT2D eigenvalue weighted by molar-refractivity contribution is 5.75. The average Bonchev–Trinajstić information content (AvgIpc) is 2.56. The maximum Gasteiger partial charge on any atom is 0.317 e. The minimum Gasteiger partial charge on any atom is -0.487 e. The number of likely N-dealkylation sites (tertiary alicyclic amines) is 2. The quantitative estimate of drug-likeness (QED) is 0.862. The first-order valence-electron chi connectivity index (χ1n) is 9.62. The number of carbonyl (C=O) groups excluding carboxylic acids is 1. The summed E-state index contributed by atoms with van der Waals surface area (Å²) in [5.41, 5.74) is 1.19. The predicted octanol–water partition coefficient (Wildman–Crippen LogP) is 2.89. The van der Waals surface area contributed by atoms with E-state index in [1.54, 1.807) is 0 Å². The number of carbonyl (C=O) groups is 1. The second-order valence-corrected chi connectivity index (χ2v) is 7.46. The number of hydrogen-bond acceptors (Lipinski definition) is 3. The summed E-state index contributed by atoms with van der Waals surface area (Å²) in [6.45, 7) is 9.92. The maximum absolute atomic E-state index is 12.3. The lowest BCUT2D eigenvalue weighted by Crippen LogP contribution is -2.59. The van der Waals surface area contributed by atoms with Crippen molar-refractivity contribution in [3.05, 3.63) is 29.8 Å². The van der Waals surface area contributed by atoms with Crippen LogP contribution in [0.3, 0.4) is 0 Å². The van der Waals surface area contributed by atoms with Crippen LogP contribution in [0.15, 0.2) is 24.3 Å². The zero-order chi connectivity index (χ0) is 17.6. The third-order valence-electron chi connectivity index (χ3n) is 5.11. The summed E-state index contributed by atoms with van der Waals surface area (Å²) in [6.07, 6.45) is 3.79. The number of amides is 2. The van der Waals surface area contributed by atoms with Crippen LogP contribution in [0.5, 0.6) is 5.75 Å². The molecule has 1 atom stereocenters. The number of aryl methyl sites for hydroxylation is 1. The third-order valence-corrected chi connectivity index (χ3v) is 5.11. The molecule has 5 nitrogen and oxygen atoms in total. The Morgan fingerprint density at radius 2 is 2.16 bits per heavy atom. The van der Waals surface area contributed by atoms with Gasteiger partial charge in [0.1, 0.15) is 11.9 Å². The Morgan fingerprint density at radius 1 is 1.32 bits per heavy atom. The average molecular weight is 345 g/mol. The van der Waals surface area contributed by atoms with E-state index in [-0.39, 0.29) is 12.1 Å². The van der Waals surface area contributed by atoms with Crippen molar-refractivity contribution >= 4 is 6.03 Å². The number of nitrogens with zero attached hydrogens (tertiary/aromatic N) is 2. The summed E-state index contributed by atoms with van der Waals surface area (Å²) in [4.78, 5) is 16.6. The monoisotopic (exact) mass is 345 g/mol. The van der Waals surface area contributed by atoms with Gasteiger partial charge in [-0.2, -0.15) is 0 Å². The highest BCUT2D eigenvalue weighted by atomic mass is 16.5. The Bertz CT molecular complexity index is 570. The molecule has 0 aromatic heterocycles. The molecule has 25 heavy (non-hydrogen) atoms. The van der Waals surface area contributed by atoms with Crippen molar-refractivity contribution in [1.29, 1.82) is 0 Å². The van der Waals surface area contributed by atoms with Gasteiger partial charge in [-0.05, 0) is 62.9 Å². The number of hydrogen-bond donors (Lipinski definition) is 1. The van der Waals surface area contributed by atoms with Crippen molar-refractivity contribution in [2.45, 2.75) is 39.2 Å². The summed E-state index contributed by atoms with van der Waals surface area (Å²) in [5.74, 6) is 1.48. The molecule has 1 aromatic carbocycles. The molecule has 138 valence electrons. The highest BCUT2D eigenvalue weighted by Crippen LogP contribution is 2.20. The molecule has 0 saturated carbocycles. The largest absolute Gasteiger partial charge is 0.487 e. The molecule has 2 aliphatic rings. The van der Waals surface area contributed by atoms with Gasteiger partial charge in [0.2, 0.25) is 0 Å². The van der Waals surface area contributed by atoms with Gasteiger partial charge < -0.3 is 19.9 Å². The fourth-order valence-corrected chi connectivity index (χ4v) is 3.74. The number of benzene rings is 1. The molecule has 0 spiro atoms. The Balaban J connectivity index is 1.35. The molecule has 0 bridgehead atoms. The van der Waals surface area contributed by atoms with E-state index in [9.17, 15) is 4.79 Å². The van der Waals surface area contributed by atoms with Gasteiger partial charge in [0.25, 0.3) is 0 Å². The smallest absolute Gasteiger partial charge is 0.317 e. The number of nitrogens with one attached hydrogen (secondary N) is 1. The normalized spacial score (nSPS) is 21.7. The van der Waals surface area contributed by atoms with Crippen molar-refractivity contribution in [3.63, 3.8) is 0 Å². The Hall–Kier alpha value is -1.75. The molecule has 2 amide bonds. The van der Waals surface area contributed by atoms with E-state index in [2.05, 4.69) is 30.1 Å². The van der Waals surface area contributed by atoms with Crippen LogP contribution in [-0.4, -0.2) is 61.2 Å². The van der Waals surface area contributed by atoms with E-state index in [4.69, 9.17) is 4.74 Å². The number of ether oxygens (including phenoxy) is 1. The van der Waals surface area contributed by atoms with Crippen LogP contribution in [0.2, 0.25) is 0 Å². The summed E-state index contributed by atoms with van der Waals surface area (Å²) in [6, 6.07) is 8.12. The first-order valence-corrected chi connectivity index (χ1v) is 9.62. The minimum absolute atomic E-state index is 0.0525. The lowest BCUT2D eigenvalue weighted by atomic mass is 9.98. The highest BCUT2D eigenvalue weighted by Gasteiger charge is 2.32. The van der Waals surface area contributed by atoms with Crippen molar-refractivity contribution < 1.29 is 9.53 Å². The van der Waals surface area contributed by atoms with Gasteiger partial charge in [-0.25, -0.2) is 4.79 Å². The van der Waals surface area contributed by atoms with Crippen LogP contribution in [-0.2, 0) is 0 Å². The molecule has 1 N–H and O–H groups in total. The summed E-state index contributed by atoms with van der Waals surface area (Å²) < 4.78 is 5.92. The van der Waals surface area contributed by atoms with E-state index in [1.165, 1.54) is 37.9 Å². The predicted molar refractivity (Wildman–Crippen MR) is 100 cm³/mol. The third kappa shape index (κ3) is 5.11. The van der Waals surface area contributed by atoms with E-state index in [0.29, 0.717) is 19.0 Å². The lowest BCUT2D eigenvalue weighted by molar-refractivity contribution is 0.0436. The van der Waals surface area contributed by atoms with Gasteiger partial charge in [-0.1, -0.05) is 19.1 Å². The first-order chi connectivity index (χ1) is 12.1. The Labute approximate surface area is 151 Å². The number of urea groups is 1. The number of piperidine rings is 1. The Morgan fingerprint density at radius 3 is 2.92 bits per heavy atom. The fourth-order valence-electron chi connectivity index (χ4n) is 3.74. The standard InChI is InChI=1S/C20H31N3O2/c1-3-9-22-10-5-7-17(13-22)12-21-20(24)23-14-19(15-23)25-18-8-4-6-16(2)11-18/h4,6,8,11,17,19H,3,5,7,9-10,12-15H2,1-2H3,(H,21,24)/t17-/m1/s1. The minimum atomic E-state index is 0.0525. The van der Waals surface area contributed by atoms with Crippen LogP contribution >= 0.6 is 0 Å². The first kappa shape index (κ1) is 18.1. The molecule has 3 rings (SSSR count). The van der Waals surface area contributed by atoms with E-state index in [0.717, 1.165) is 18.8 Å². The van der Waals surface area contributed by atoms with E-state index in [1.807, 2.05) is 23.1 Å². The summed E-state index contributed by atoms with van der Waals surface area (Å²) in [5, 5.41) is 3.12. The van der Waals surface area contributed by atoms with Crippen molar-refractivity contribution in [1.82, 2.24) is 15.1 Å². The summed E-state index contributed by atoms with van der Waals surface area (Å²) >= 11 is 0. The van der Waals surface area contributed by atoms with Gasteiger partial charge in [0, 0.05) is 13.1 Å². The van der Waals surface area contributed by atoms with Gasteiger partial charge in [0.15, 0.2) is 0 Å². The maximum atomic E-state index is 12.3. The molecular formula is C20H31N3O2. The topological polar surface area (TPSA) is 44.8 Å². The second kappa shape index (κ2) is 8.56. The van der Waals surface area contributed by atoms with Crippen LogP contribution in [0.1, 0.15) is 31.7 Å². The lowest BCUT2D eigenvalue weighted by Gasteiger charge is -2.39. The summed E-state index contributed by atoms with van der Waals surface area (Å²) in [7, 11) is 0. The molecule has 5 heteroatoms. The SMILES string of the molecule is CCCN1CCC[C@H](CNC(=O)N2CC(Oc3cccc(C)c3)C2)C1. The van der Waals surface area contributed by atoms with Crippen LogP contribution < -0.4 is 10.1 Å². The van der Waals surface area contributed by atoms with Gasteiger partial charge in [0.05, 0.1) is 13.1 Å². The van der Waals surface area contributed by atoms with Crippen LogP contribution in [0, 0.1) is 12.8 Å². The van der Waals surface area contributed by atoms with E-state index < -0.39 is 0 Å². The molecular weight excluding hydrogens is 314 g/mol. The fraction of sp³-hybridized carbons (Fsp3) is 0.650. The van der Waals surface area contributed by atoms with Gasteiger partial charge >= 0.3 is 6.03 Å². The molecule has 0 unspecified atom stereocenters. The van der Waals surface area contributed by atoms with E-state index >= 15 is 0 Å². The zero-order valence-electron chi connectivity index (χ0n) is 15.5. The Kier molecular flexibility index (Phi) is 6.19. The molecule has 2 aliphatic heterocycles. The van der Waals surface area contributed by atoms with Crippen LogP contribution in [0.25, 0.3) is 0 Å². The van der Waals surface area contributed by atoms with Crippen molar-refractivity contribution in [2.75, 3.05) is 39.3 Å². The molecule has 0 aliphatic carbocycles. The molecule has 2 fully saturated rings. The van der Waals surface area contributed by atoms with Crippen molar-refractivity contribution in [3.8, 4) is 5.75 Å². The number of rotatable bonds is 6. The van der Waals surface area contributed by atoms with Crippen molar-refractivity contribution in [2.24, 2.45) is 5.92 Å². The molecule has 0 radical (unpaired) electrons. The zero-order valence-corrected chi connectivity index (χ0v) is 15.5. The second-order valence-electron chi connectivity index (χ2n) is 7.46. The molecule has 2 heterocycles. The molecule has 2 saturated heterocycles. The van der Waals surface area contributed by atoms with Gasteiger partial charge in [-0.3, -0.25) is 0 Å². The molecule has 1 aromatic rings.